The molecule has 0 spiro atoms. The molecule has 2 rings (SSSR count). The first-order valence-electron chi connectivity index (χ1n) is 4.78. The fraction of sp³-hybridized carbons (Fsp3) is 0.556. The molecular formula is C9H14N4O. The summed E-state index contributed by atoms with van der Waals surface area (Å²) in [6.45, 7) is 2.65. The summed E-state index contributed by atoms with van der Waals surface area (Å²) in [6, 6.07) is 1.71. The first-order valence-corrected chi connectivity index (χ1v) is 4.78. The molecule has 0 unspecified atom stereocenters. The minimum absolute atomic E-state index is 0.0324. The van der Waals surface area contributed by atoms with E-state index in [2.05, 4.69) is 10.2 Å². The van der Waals surface area contributed by atoms with Crippen LogP contribution in [-0.4, -0.2) is 33.6 Å². The fourth-order valence-electron chi connectivity index (χ4n) is 2.02. The Balaban J connectivity index is 2.28. The average Bonchev–Trinajstić information content (AvgIpc) is 2.72. The van der Waals surface area contributed by atoms with Gasteiger partial charge in [-0.05, 0) is 13.0 Å². The van der Waals surface area contributed by atoms with Crippen molar-refractivity contribution in [2.45, 2.75) is 25.4 Å². The molecule has 14 heavy (non-hydrogen) atoms. The van der Waals surface area contributed by atoms with E-state index < -0.39 is 0 Å². The van der Waals surface area contributed by atoms with E-state index >= 15 is 0 Å². The number of amides is 1. The van der Waals surface area contributed by atoms with E-state index in [0.29, 0.717) is 13.0 Å². The van der Waals surface area contributed by atoms with E-state index in [1.54, 1.807) is 11.1 Å². The predicted octanol–water partition coefficient (Wildman–Crippen LogP) is 0.0303. The molecule has 1 amide bonds. The second kappa shape index (κ2) is 3.42. The molecule has 1 fully saturated rings. The lowest BCUT2D eigenvalue weighted by atomic mass is 10.1. The number of likely N-dealkylation sites (tertiary alicyclic amines) is 1. The van der Waals surface area contributed by atoms with Crippen LogP contribution in [0.25, 0.3) is 0 Å². The summed E-state index contributed by atoms with van der Waals surface area (Å²) in [5.74, 6) is 0.125. The van der Waals surface area contributed by atoms with Crippen molar-refractivity contribution in [1.82, 2.24) is 15.1 Å². The molecule has 1 saturated heterocycles. The largest absolute Gasteiger partial charge is 0.333 e. The molecule has 1 aliphatic rings. The molecule has 5 nitrogen and oxygen atoms in total. The van der Waals surface area contributed by atoms with Gasteiger partial charge < -0.3 is 10.6 Å². The number of nitrogens with two attached hydrogens (primary N) is 1. The summed E-state index contributed by atoms with van der Waals surface area (Å²) in [7, 11) is 0. The SMILES string of the molecule is CCN1C(=O)C[C@H](N)[C@H]1c1ccn[nH]1. The van der Waals surface area contributed by atoms with Crippen LogP contribution in [0.2, 0.25) is 0 Å². The molecule has 2 heterocycles. The van der Waals surface area contributed by atoms with Crippen molar-refractivity contribution in [3.05, 3.63) is 18.0 Å². The van der Waals surface area contributed by atoms with Gasteiger partial charge in [0.25, 0.3) is 0 Å². The molecule has 0 bridgehead atoms. The smallest absolute Gasteiger partial charge is 0.224 e. The predicted molar refractivity (Wildman–Crippen MR) is 51.3 cm³/mol. The molecule has 2 atom stereocenters. The van der Waals surface area contributed by atoms with Crippen molar-refractivity contribution in [1.29, 1.82) is 0 Å². The zero-order valence-electron chi connectivity index (χ0n) is 8.10. The first-order chi connectivity index (χ1) is 6.74. The van der Waals surface area contributed by atoms with Gasteiger partial charge in [0.05, 0.1) is 11.7 Å². The van der Waals surface area contributed by atoms with Gasteiger partial charge in [0, 0.05) is 25.2 Å². The number of aromatic amines is 1. The van der Waals surface area contributed by atoms with Crippen LogP contribution in [0.15, 0.2) is 12.3 Å². The molecule has 0 aromatic carbocycles. The van der Waals surface area contributed by atoms with E-state index in [1.165, 1.54) is 0 Å². The molecule has 0 radical (unpaired) electrons. The topological polar surface area (TPSA) is 75.0 Å². The molecule has 1 aromatic rings. The Kier molecular flexibility index (Phi) is 2.25. The zero-order valence-corrected chi connectivity index (χ0v) is 8.10. The van der Waals surface area contributed by atoms with Crippen LogP contribution < -0.4 is 5.73 Å². The number of H-pyrrole nitrogens is 1. The van der Waals surface area contributed by atoms with Gasteiger partial charge in [-0.2, -0.15) is 5.10 Å². The Labute approximate surface area is 82.3 Å². The molecule has 76 valence electrons. The van der Waals surface area contributed by atoms with Gasteiger partial charge in [0.1, 0.15) is 0 Å². The van der Waals surface area contributed by atoms with Crippen molar-refractivity contribution in [2.24, 2.45) is 5.73 Å². The molecule has 0 saturated carbocycles. The lowest BCUT2D eigenvalue weighted by Gasteiger charge is -2.24. The number of likely N-dealkylation sites (N-methyl/N-ethyl adjacent to an activating group) is 1. The zero-order chi connectivity index (χ0) is 10.1. The molecule has 0 aliphatic carbocycles. The molecule has 5 heteroatoms. The van der Waals surface area contributed by atoms with E-state index in [9.17, 15) is 4.79 Å². The lowest BCUT2D eigenvalue weighted by molar-refractivity contribution is -0.128. The minimum atomic E-state index is -0.122. The van der Waals surface area contributed by atoms with E-state index in [-0.39, 0.29) is 18.0 Å². The van der Waals surface area contributed by atoms with E-state index in [1.807, 2.05) is 13.0 Å². The van der Waals surface area contributed by atoms with Gasteiger partial charge >= 0.3 is 0 Å². The number of rotatable bonds is 2. The highest BCUT2D eigenvalue weighted by atomic mass is 16.2. The summed E-state index contributed by atoms with van der Waals surface area (Å²) in [4.78, 5) is 13.3. The number of nitrogens with one attached hydrogen (secondary N) is 1. The normalized spacial score (nSPS) is 27.3. The van der Waals surface area contributed by atoms with Crippen LogP contribution in [-0.2, 0) is 4.79 Å². The highest BCUT2D eigenvalue weighted by Crippen LogP contribution is 2.30. The van der Waals surface area contributed by atoms with Crippen molar-refractivity contribution in [2.75, 3.05) is 6.54 Å². The summed E-state index contributed by atoms with van der Waals surface area (Å²) in [5, 5.41) is 6.75. The van der Waals surface area contributed by atoms with Gasteiger partial charge in [-0.3, -0.25) is 9.89 Å². The Bertz CT molecular complexity index is 322. The maximum Gasteiger partial charge on any atom is 0.224 e. The van der Waals surface area contributed by atoms with Crippen LogP contribution in [0.5, 0.6) is 0 Å². The van der Waals surface area contributed by atoms with Crippen LogP contribution in [0.1, 0.15) is 25.1 Å². The number of aromatic nitrogens is 2. The van der Waals surface area contributed by atoms with Crippen molar-refractivity contribution in [3.8, 4) is 0 Å². The third-order valence-corrected chi connectivity index (χ3v) is 2.65. The van der Waals surface area contributed by atoms with E-state index in [4.69, 9.17) is 5.73 Å². The van der Waals surface area contributed by atoms with Gasteiger partial charge in [0.15, 0.2) is 0 Å². The Hall–Kier alpha value is -1.36. The third kappa shape index (κ3) is 1.29. The van der Waals surface area contributed by atoms with Crippen LogP contribution >= 0.6 is 0 Å². The third-order valence-electron chi connectivity index (χ3n) is 2.65. The quantitative estimate of drug-likeness (QED) is 0.697. The Morgan fingerprint density at radius 1 is 1.79 bits per heavy atom. The van der Waals surface area contributed by atoms with Crippen LogP contribution in [0.4, 0.5) is 0 Å². The monoisotopic (exact) mass is 194 g/mol. The molecule has 1 aromatic heterocycles. The summed E-state index contributed by atoms with van der Waals surface area (Å²) in [6.07, 6.45) is 2.11. The van der Waals surface area contributed by atoms with Crippen molar-refractivity contribution < 1.29 is 4.79 Å². The Morgan fingerprint density at radius 2 is 2.57 bits per heavy atom. The maximum atomic E-state index is 11.5. The van der Waals surface area contributed by atoms with E-state index in [0.717, 1.165) is 5.69 Å². The van der Waals surface area contributed by atoms with Crippen molar-refractivity contribution in [3.63, 3.8) is 0 Å². The van der Waals surface area contributed by atoms with Crippen LogP contribution in [0.3, 0.4) is 0 Å². The number of hydrogen-bond acceptors (Lipinski definition) is 3. The second-order valence-electron chi connectivity index (χ2n) is 3.50. The summed E-state index contributed by atoms with van der Waals surface area (Å²) >= 11 is 0. The van der Waals surface area contributed by atoms with Gasteiger partial charge in [-0.1, -0.05) is 0 Å². The fourth-order valence-corrected chi connectivity index (χ4v) is 2.02. The van der Waals surface area contributed by atoms with Gasteiger partial charge in [-0.15, -0.1) is 0 Å². The standard InChI is InChI=1S/C9H14N4O/c1-2-13-8(14)5-6(10)9(13)7-3-4-11-12-7/h3-4,6,9H,2,5,10H2,1H3,(H,11,12)/t6-,9-/m0/s1. The highest BCUT2D eigenvalue weighted by molar-refractivity contribution is 5.80. The van der Waals surface area contributed by atoms with Crippen molar-refractivity contribution >= 4 is 5.91 Å². The highest BCUT2D eigenvalue weighted by Gasteiger charge is 2.38. The molecular weight excluding hydrogens is 180 g/mol. The number of carbonyl (C=O) groups is 1. The summed E-state index contributed by atoms with van der Waals surface area (Å²) in [5.41, 5.74) is 6.84. The lowest BCUT2D eigenvalue weighted by Crippen LogP contribution is -2.33. The number of hydrogen-bond donors (Lipinski definition) is 2. The summed E-state index contributed by atoms with van der Waals surface area (Å²) < 4.78 is 0. The van der Waals surface area contributed by atoms with Crippen LogP contribution in [0, 0.1) is 0 Å². The Morgan fingerprint density at radius 3 is 3.14 bits per heavy atom. The minimum Gasteiger partial charge on any atom is -0.333 e. The average molecular weight is 194 g/mol. The first kappa shape index (κ1) is 9.21. The van der Waals surface area contributed by atoms with Gasteiger partial charge in [0.2, 0.25) is 5.91 Å². The molecule has 3 N–H and O–H groups in total. The van der Waals surface area contributed by atoms with Gasteiger partial charge in [-0.25, -0.2) is 0 Å². The maximum absolute atomic E-state index is 11.5. The second-order valence-corrected chi connectivity index (χ2v) is 3.50. The number of nitrogens with zero attached hydrogens (tertiary/aromatic N) is 2. The number of carbonyl (C=O) groups excluding carboxylic acids is 1. The molecule has 1 aliphatic heterocycles.